The van der Waals surface area contributed by atoms with Crippen molar-refractivity contribution in [3.63, 3.8) is 0 Å². The molecular weight excluding hydrogens is 451 g/mol. The maximum atomic E-state index is 12.3. The smallest absolute Gasteiger partial charge is 0.326 e. The second kappa shape index (κ2) is 13.8. The molecule has 3 amide bonds. The molecule has 1 rings (SSSR count). The SMILES string of the molecule is O=C(O)CC[C@H](NC(=O)N[C@@H](CCCCNC(=O)c1ccc(SF)nc1)C(=O)O)C(=O)O. The standard InChI is InChI=1S/C18H23FN4O8S/c19-32-13-6-4-10(9-21-13)15(26)20-8-2-1-3-11(16(27)28)22-18(31)23-12(17(29)30)5-7-14(24)25/h4,6,9,11-12H,1-3,5,7-8H2,(H,20,26)(H,24,25)(H,27,28)(H,29,30)(H2,22,23,31)/t11-,12-/m0/s1. The molecule has 0 aliphatic rings. The van der Waals surface area contributed by atoms with E-state index >= 15 is 0 Å². The number of hydrogen-bond acceptors (Lipinski definition) is 7. The molecule has 0 unspecified atom stereocenters. The van der Waals surface area contributed by atoms with Gasteiger partial charge >= 0.3 is 23.9 Å². The van der Waals surface area contributed by atoms with Crippen molar-refractivity contribution < 1.29 is 43.2 Å². The van der Waals surface area contributed by atoms with Crippen molar-refractivity contribution in [3.05, 3.63) is 23.9 Å². The van der Waals surface area contributed by atoms with Gasteiger partial charge < -0.3 is 31.3 Å². The van der Waals surface area contributed by atoms with Gasteiger partial charge in [0.05, 0.1) is 5.56 Å². The molecule has 1 heterocycles. The number of halogens is 1. The van der Waals surface area contributed by atoms with Crippen LogP contribution in [0.3, 0.4) is 0 Å². The second-order valence-electron chi connectivity index (χ2n) is 6.55. The van der Waals surface area contributed by atoms with Gasteiger partial charge in [-0.1, -0.05) is 0 Å². The second-order valence-corrected chi connectivity index (χ2v) is 7.12. The number of pyridine rings is 1. The van der Waals surface area contributed by atoms with Gasteiger partial charge in [-0.05, 0) is 37.8 Å². The number of nitrogens with one attached hydrogen (secondary N) is 3. The van der Waals surface area contributed by atoms with Crippen molar-refractivity contribution in [3.8, 4) is 0 Å². The molecule has 176 valence electrons. The summed E-state index contributed by atoms with van der Waals surface area (Å²) in [6.07, 6.45) is 1.09. The molecule has 0 saturated heterocycles. The van der Waals surface area contributed by atoms with Gasteiger partial charge in [0.1, 0.15) is 29.3 Å². The number of aromatic nitrogens is 1. The Bertz CT molecular complexity index is 824. The molecule has 32 heavy (non-hydrogen) atoms. The van der Waals surface area contributed by atoms with Gasteiger partial charge in [0.25, 0.3) is 5.91 Å². The molecule has 1 aromatic heterocycles. The van der Waals surface area contributed by atoms with Crippen LogP contribution in [-0.2, 0) is 14.4 Å². The van der Waals surface area contributed by atoms with Gasteiger partial charge in [0.15, 0.2) is 0 Å². The van der Waals surface area contributed by atoms with E-state index in [9.17, 15) is 33.0 Å². The summed E-state index contributed by atoms with van der Waals surface area (Å²) >= 11 is -0.0471. The summed E-state index contributed by atoms with van der Waals surface area (Å²) in [5.41, 5.74) is 0.237. The molecule has 14 heteroatoms. The van der Waals surface area contributed by atoms with Crippen LogP contribution in [0.5, 0.6) is 0 Å². The van der Waals surface area contributed by atoms with Crippen LogP contribution in [0, 0.1) is 0 Å². The van der Waals surface area contributed by atoms with Gasteiger partial charge in [-0.3, -0.25) is 9.59 Å². The lowest BCUT2D eigenvalue weighted by molar-refractivity contribution is -0.140. The number of unbranched alkanes of at least 4 members (excludes halogenated alkanes) is 1. The predicted molar refractivity (Wildman–Crippen MR) is 109 cm³/mol. The molecule has 1 aromatic rings. The number of carboxylic acids is 3. The van der Waals surface area contributed by atoms with E-state index in [-0.39, 0.29) is 42.1 Å². The lowest BCUT2D eigenvalue weighted by atomic mass is 10.1. The van der Waals surface area contributed by atoms with E-state index in [1.54, 1.807) is 0 Å². The average Bonchev–Trinajstić information content (AvgIpc) is 2.74. The van der Waals surface area contributed by atoms with E-state index in [0.717, 1.165) is 0 Å². The summed E-state index contributed by atoms with van der Waals surface area (Å²) in [6, 6.07) is -1.08. The van der Waals surface area contributed by atoms with Crippen molar-refractivity contribution >= 4 is 42.0 Å². The number of carbonyl (C=O) groups excluding carboxylic acids is 2. The molecule has 0 fully saturated rings. The Balaban J connectivity index is 2.41. The molecule has 6 N–H and O–H groups in total. The fourth-order valence-corrected chi connectivity index (χ4v) is 2.69. The first-order valence-electron chi connectivity index (χ1n) is 9.41. The molecule has 0 aliphatic heterocycles. The van der Waals surface area contributed by atoms with Crippen molar-refractivity contribution in [1.29, 1.82) is 0 Å². The minimum Gasteiger partial charge on any atom is -0.481 e. The largest absolute Gasteiger partial charge is 0.481 e. The Morgan fingerprint density at radius 2 is 1.59 bits per heavy atom. The van der Waals surface area contributed by atoms with Gasteiger partial charge in [0.2, 0.25) is 0 Å². The van der Waals surface area contributed by atoms with Crippen molar-refractivity contribution in [1.82, 2.24) is 20.9 Å². The third-order valence-corrected chi connectivity index (χ3v) is 4.54. The highest BCUT2D eigenvalue weighted by molar-refractivity contribution is 7.94. The first kappa shape index (κ1) is 26.6. The highest BCUT2D eigenvalue weighted by atomic mass is 32.2. The summed E-state index contributed by atoms with van der Waals surface area (Å²) in [5.74, 6) is -4.45. The first-order valence-corrected chi connectivity index (χ1v) is 10.1. The highest BCUT2D eigenvalue weighted by Gasteiger charge is 2.24. The van der Waals surface area contributed by atoms with Crippen LogP contribution < -0.4 is 16.0 Å². The third-order valence-electron chi connectivity index (χ3n) is 4.14. The number of aliphatic carboxylic acids is 3. The van der Waals surface area contributed by atoms with Crippen molar-refractivity contribution in [2.45, 2.75) is 49.2 Å². The predicted octanol–water partition coefficient (Wildman–Crippen LogP) is 1.03. The maximum Gasteiger partial charge on any atom is 0.326 e. The molecule has 0 saturated carbocycles. The fraction of sp³-hybridized carbons (Fsp3) is 0.444. The molecule has 0 spiro atoms. The Morgan fingerprint density at radius 1 is 0.969 bits per heavy atom. The van der Waals surface area contributed by atoms with E-state index < -0.39 is 48.4 Å². The third kappa shape index (κ3) is 10.1. The summed E-state index contributed by atoms with van der Waals surface area (Å²) in [5, 5.41) is 33.8. The van der Waals surface area contributed by atoms with Crippen LogP contribution in [0.1, 0.15) is 42.5 Å². The Kier molecular flexibility index (Phi) is 11.5. The zero-order valence-electron chi connectivity index (χ0n) is 16.7. The molecule has 0 radical (unpaired) electrons. The average molecular weight is 474 g/mol. The molecule has 0 bridgehead atoms. The number of hydrogen-bond donors (Lipinski definition) is 6. The Labute approximate surface area is 186 Å². The van der Waals surface area contributed by atoms with Gasteiger partial charge in [-0.25, -0.2) is 19.4 Å². The van der Waals surface area contributed by atoms with E-state index in [0.29, 0.717) is 12.8 Å². The van der Waals surface area contributed by atoms with E-state index in [4.69, 9.17) is 10.2 Å². The summed E-state index contributed by atoms with van der Waals surface area (Å²) in [4.78, 5) is 60.6. The monoisotopic (exact) mass is 474 g/mol. The zero-order valence-corrected chi connectivity index (χ0v) is 17.6. The fourth-order valence-electron chi connectivity index (χ4n) is 2.48. The van der Waals surface area contributed by atoms with E-state index in [1.165, 1.54) is 18.3 Å². The van der Waals surface area contributed by atoms with Crippen molar-refractivity contribution in [2.24, 2.45) is 0 Å². The first-order chi connectivity index (χ1) is 15.1. The van der Waals surface area contributed by atoms with Crippen LogP contribution in [0.2, 0.25) is 0 Å². The van der Waals surface area contributed by atoms with Crippen LogP contribution in [-0.4, -0.2) is 68.8 Å². The number of carbonyl (C=O) groups is 5. The van der Waals surface area contributed by atoms with Gasteiger partial charge in [-0.2, -0.15) is 3.89 Å². The number of urea groups is 1. The Hall–Kier alpha value is -3.42. The highest BCUT2D eigenvalue weighted by Crippen LogP contribution is 2.15. The zero-order chi connectivity index (χ0) is 24.1. The normalized spacial score (nSPS) is 12.3. The quantitative estimate of drug-likeness (QED) is 0.212. The van der Waals surface area contributed by atoms with Crippen LogP contribution in [0.4, 0.5) is 8.68 Å². The van der Waals surface area contributed by atoms with Crippen molar-refractivity contribution in [2.75, 3.05) is 6.54 Å². The van der Waals surface area contributed by atoms with Gasteiger partial charge in [-0.15, -0.1) is 0 Å². The molecular formula is C18H23FN4O8S. The van der Waals surface area contributed by atoms with Crippen LogP contribution >= 0.6 is 12.1 Å². The number of nitrogens with zero attached hydrogens (tertiary/aromatic N) is 1. The van der Waals surface area contributed by atoms with Crippen LogP contribution in [0.25, 0.3) is 0 Å². The molecule has 12 nitrogen and oxygen atoms in total. The number of amides is 3. The Morgan fingerprint density at radius 3 is 2.09 bits per heavy atom. The van der Waals surface area contributed by atoms with Gasteiger partial charge in [0, 0.05) is 19.2 Å². The summed E-state index contributed by atoms with van der Waals surface area (Å²) in [7, 11) is 0. The minimum absolute atomic E-state index is 0.00939. The number of rotatable bonds is 14. The summed E-state index contributed by atoms with van der Waals surface area (Å²) in [6.45, 7) is 0.216. The van der Waals surface area contributed by atoms with Crippen LogP contribution in [0.15, 0.2) is 23.4 Å². The lowest BCUT2D eigenvalue weighted by Gasteiger charge is -2.18. The molecule has 2 atom stereocenters. The van der Waals surface area contributed by atoms with E-state index in [1.807, 2.05) is 5.32 Å². The lowest BCUT2D eigenvalue weighted by Crippen LogP contribution is -2.51. The molecule has 0 aromatic carbocycles. The maximum absolute atomic E-state index is 12.3. The van der Waals surface area contributed by atoms with E-state index in [2.05, 4.69) is 15.6 Å². The minimum atomic E-state index is -1.48. The number of carboxylic acid groups (broad SMARTS) is 3. The summed E-state index contributed by atoms with van der Waals surface area (Å²) < 4.78 is 12.3. The molecule has 0 aliphatic carbocycles. The topological polar surface area (TPSA) is 195 Å².